The van der Waals surface area contributed by atoms with Gasteiger partial charge < -0.3 is 10.1 Å². The van der Waals surface area contributed by atoms with E-state index in [0.717, 1.165) is 16.8 Å². The van der Waals surface area contributed by atoms with Crippen molar-refractivity contribution < 1.29 is 18.7 Å². The molecule has 0 fully saturated rings. The van der Waals surface area contributed by atoms with Crippen molar-refractivity contribution in [2.45, 2.75) is 13.8 Å². The third-order valence-corrected chi connectivity index (χ3v) is 3.33. The molecule has 0 unspecified atom stereocenters. The smallest absolute Gasteiger partial charge is 0.276 e. The lowest BCUT2D eigenvalue weighted by atomic mass is 10.1. The van der Waals surface area contributed by atoms with Crippen LogP contribution in [0.3, 0.4) is 0 Å². The number of carbonyl (C=O) groups is 2. The number of hydrogen-bond acceptors (Lipinski definition) is 4. The number of hydrazine groups is 1. The number of rotatable bonds is 6. The van der Waals surface area contributed by atoms with Gasteiger partial charge in [0.1, 0.15) is 11.6 Å². The molecule has 6 nitrogen and oxygen atoms in total. The summed E-state index contributed by atoms with van der Waals surface area (Å²) in [7, 11) is 0. The lowest BCUT2D eigenvalue weighted by Gasteiger charge is -2.11. The molecule has 25 heavy (non-hydrogen) atoms. The number of benzene rings is 2. The Morgan fingerprint density at radius 1 is 1.04 bits per heavy atom. The molecule has 132 valence electrons. The molecule has 7 heteroatoms. The van der Waals surface area contributed by atoms with Gasteiger partial charge in [-0.3, -0.25) is 20.4 Å². The summed E-state index contributed by atoms with van der Waals surface area (Å²) in [6.07, 6.45) is 0. The molecule has 2 aromatic carbocycles. The summed E-state index contributed by atoms with van der Waals surface area (Å²) in [5, 5.41) is 2.99. The summed E-state index contributed by atoms with van der Waals surface area (Å²) in [5.41, 5.74) is 7.52. The van der Waals surface area contributed by atoms with Crippen molar-refractivity contribution in [2.75, 3.05) is 18.5 Å². The standard InChI is InChI=1S/C18H20FN3O3/c1-12-6-7-16(13(2)8-12)20-10-17(23)21-22-18(24)11-25-15-5-3-4-14(19)9-15/h3-9,20H,10-11H2,1-2H3,(H,21,23)(H,22,24). The van der Waals surface area contributed by atoms with E-state index >= 15 is 0 Å². The zero-order valence-electron chi connectivity index (χ0n) is 14.1. The quantitative estimate of drug-likeness (QED) is 0.701. The highest BCUT2D eigenvalue weighted by Crippen LogP contribution is 2.15. The maximum absolute atomic E-state index is 13.0. The zero-order valence-corrected chi connectivity index (χ0v) is 14.1. The average Bonchev–Trinajstić information content (AvgIpc) is 2.57. The maximum Gasteiger partial charge on any atom is 0.276 e. The molecule has 0 aliphatic carbocycles. The van der Waals surface area contributed by atoms with E-state index in [1.165, 1.54) is 24.3 Å². The lowest BCUT2D eigenvalue weighted by Crippen LogP contribution is -2.46. The molecule has 2 rings (SSSR count). The van der Waals surface area contributed by atoms with Crippen molar-refractivity contribution >= 4 is 17.5 Å². The van der Waals surface area contributed by atoms with Crippen LogP contribution in [0.5, 0.6) is 5.75 Å². The number of halogens is 1. The van der Waals surface area contributed by atoms with Gasteiger partial charge in [0.15, 0.2) is 6.61 Å². The fourth-order valence-electron chi connectivity index (χ4n) is 2.11. The van der Waals surface area contributed by atoms with Gasteiger partial charge in [-0.1, -0.05) is 23.8 Å². The van der Waals surface area contributed by atoms with Crippen molar-refractivity contribution in [2.24, 2.45) is 0 Å². The summed E-state index contributed by atoms with van der Waals surface area (Å²) in [6, 6.07) is 11.3. The number of nitrogens with one attached hydrogen (secondary N) is 3. The van der Waals surface area contributed by atoms with Crippen molar-refractivity contribution in [3.63, 3.8) is 0 Å². The second-order valence-electron chi connectivity index (χ2n) is 5.51. The Morgan fingerprint density at radius 3 is 2.52 bits per heavy atom. The van der Waals surface area contributed by atoms with Crippen molar-refractivity contribution in [3.8, 4) is 5.75 Å². The molecule has 0 atom stereocenters. The van der Waals surface area contributed by atoms with E-state index in [1.54, 1.807) is 0 Å². The molecule has 0 aliphatic rings. The number of anilines is 1. The Morgan fingerprint density at radius 2 is 1.80 bits per heavy atom. The first-order chi connectivity index (χ1) is 11.9. The number of amides is 2. The van der Waals surface area contributed by atoms with E-state index in [4.69, 9.17) is 4.74 Å². The largest absolute Gasteiger partial charge is 0.484 e. The fourth-order valence-corrected chi connectivity index (χ4v) is 2.11. The van der Waals surface area contributed by atoms with E-state index in [9.17, 15) is 14.0 Å². The van der Waals surface area contributed by atoms with Crippen molar-refractivity contribution in [1.82, 2.24) is 10.9 Å². The van der Waals surface area contributed by atoms with Crippen LogP contribution in [-0.2, 0) is 9.59 Å². The van der Waals surface area contributed by atoms with Crippen molar-refractivity contribution in [1.29, 1.82) is 0 Å². The molecule has 2 aromatic rings. The lowest BCUT2D eigenvalue weighted by molar-refractivity contribution is -0.129. The fraction of sp³-hybridized carbons (Fsp3) is 0.222. The highest BCUT2D eigenvalue weighted by molar-refractivity contribution is 5.85. The Balaban J connectivity index is 1.69. The Kier molecular flexibility index (Phi) is 6.33. The van der Waals surface area contributed by atoms with E-state index in [2.05, 4.69) is 16.2 Å². The summed E-state index contributed by atoms with van der Waals surface area (Å²) in [5.74, 6) is -1.18. The summed E-state index contributed by atoms with van der Waals surface area (Å²) < 4.78 is 18.1. The van der Waals surface area contributed by atoms with E-state index in [-0.39, 0.29) is 18.9 Å². The summed E-state index contributed by atoms with van der Waals surface area (Å²) in [4.78, 5) is 23.3. The number of ether oxygens (including phenoxy) is 1. The predicted molar refractivity (Wildman–Crippen MR) is 92.6 cm³/mol. The van der Waals surface area contributed by atoms with Gasteiger partial charge in [-0.2, -0.15) is 0 Å². The van der Waals surface area contributed by atoms with Gasteiger partial charge in [-0.05, 0) is 37.6 Å². The highest BCUT2D eigenvalue weighted by atomic mass is 19.1. The van der Waals surface area contributed by atoms with Gasteiger partial charge in [0.05, 0.1) is 6.54 Å². The first kappa shape index (κ1) is 18.3. The van der Waals surface area contributed by atoms with Gasteiger partial charge in [0.25, 0.3) is 11.8 Å². The molecule has 0 aliphatic heterocycles. The van der Waals surface area contributed by atoms with Gasteiger partial charge in [0, 0.05) is 11.8 Å². The topological polar surface area (TPSA) is 79.5 Å². The van der Waals surface area contributed by atoms with Crippen LogP contribution >= 0.6 is 0 Å². The molecule has 0 radical (unpaired) electrons. The first-order valence-electron chi connectivity index (χ1n) is 7.71. The van der Waals surface area contributed by atoms with Gasteiger partial charge in [-0.25, -0.2) is 4.39 Å². The summed E-state index contributed by atoms with van der Waals surface area (Å²) >= 11 is 0. The number of aryl methyl sites for hydroxylation is 2. The maximum atomic E-state index is 13.0. The number of carbonyl (C=O) groups excluding carboxylic acids is 2. The highest BCUT2D eigenvalue weighted by Gasteiger charge is 2.07. The van der Waals surface area contributed by atoms with Crippen LogP contribution in [0.4, 0.5) is 10.1 Å². The van der Waals surface area contributed by atoms with E-state index in [0.29, 0.717) is 0 Å². The number of hydrogen-bond donors (Lipinski definition) is 3. The van der Waals surface area contributed by atoms with Crippen LogP contribution in [-0.4, -0.2) is 25.0 Å². The molecule has 0 bridgehead atoms. The van der Waals surface area contributed by atoms with Crippen LogP contribution < -0.4 is 20.9 Å². The SMILES string of the molecule is Cc1ccc(NCC(=O)NNC(=O)COc2cccc(F)c2)c(C)c1. The van der Waals surface area contributed by atoms with Crippen LogP contribution in [0.15, 0.2) is 42.5 Å². The molecule has 3 N–H and O–H groups in total. The first-order valence-corrected chi connectivity index (χ1v) is 7.71. The molecular weight excluding hydrogens is 325 g/mol. The van der Waals surface area contributed by atoms with Crippen LogP contribution in [0.1, 0.15) is 11.1 Å². The van der Waals surface area contributed by atoms with E-state index < -0.39 is 17.6 Å². The molecule has 2 amide bonds. The zero-order chi connectivity index (χ0) is 18.2. The third-order valence-electron chi connectivity index (χ3n) is 3.33. The monoisotopic (exact) mass is 345 g/mol. The van der Waals surface area contributed by atoms with Gasteiger partial charge in [0.2, 0.25) is 0 Å². The van der Waals surface area contributed by atoms with Gasteiger partial charge >= 0.3 is 0 Å². The third kappa shape index (κ3) is 6.14. The van der Waals surface area contributed by atoms with Gasteiger partial charge in [-0.15, -0.1) is 0 Å². The predicted octanol–water partition coefficient (Wildman–Crippen LogP) is 2.08. The molecule has 0 saturated carbocycles. The minimum Gasteiger partial charge on any atom is -0.484 e. The second kappa shape index (κ2) is 8.68. The van der Waals surface area contributed by atoms with E-state index in [1.807, 2.05) is 32.0 Å². The Labute approximate surface area is 145 Å². The van der Waals surface area contributed by atoms with Crippen LogP contribution in [0.2, 0.25) is 0 Å². The van der Waals surface area contributed by atoms with Crippen LogP contribution in [0.25, 0.3) is 0 Å². The molecule has 0 saturated heterocycles. The summed E-state index contributed by atoms with van der Waals surface area (Å²) in [6.45, 7) is 3.60. The Bertz CT molecular complexity index is 765. The molecule has 0 heterocycles. The van der Waals surface area contributed by atoms with Crippen molar-refractivity contribution in [3.05, 3.63) is 59.4 Å². The second-order valence-corrected chi connectivity index (χ2v) is 5.51. The minimum atomic E-state index is -0.552. The normalized spacial score (nSPS) is 10.0. The average molecular weight is 345 g/mol. The molecular formula is C18H20FN3O3. The Hall–Kier alpha value is -3.09. The molecule has 0 spiro atoms. The van der Waals surface area contributed by atoms with Crippen LogP contribution in [0, 0.1) is 19.7 Å². The molecule has 0 aromatic heterocycles. The minimum absolute atomic E-state index is 0.00886.